The van der Waals surface area contributed by atoms with Crippen molar-refractivity contribution in [1.82, 2.24) is 19.7 Å². The summed E-state index contributed by atoms with van der Waals surface area (Å²) in [5, 5.41) is 16.3. The van der Waals surface area contributed by atoms with Crippen LogP contribution in [0.15, 0.2) is 79.1 Å². The number of hydrogen-bond acceptors (Lipinski definition) is 6. The molecule has 2 aromatic carbocycles. The molecule has 9 heteroatoms. The number of fused-ring (bicyclic) bond motifs is 1. The first-order valence-electron chi connectivity index (χ1n) is 10.8. The van der Waals surface area contributed by atoms with Gasteiger partial charge >= 0.3 is 0 Å². The lowest BCUT2D eigenvalue weighted by atomic mass is 10.1. The van der Waals surface area contributed by atoms with E-state index >= 15 is 0 Å². The van der Waals surface area contributed by atoms with Crippen LogP contribution in [0, 0.1) is 11.3 Å². The second-order valence-corrected chi connectivity index (χ2v) is 7.83. The molecule has 0 unspecified atom stereocenters. The fraction of sp³-hybridized carbons (Fsp3) is 0.0769. The van der Waals surface area contributed by atoms with Crippen molar-refractivity contribution in [1.29, 1.82) is 5.26 Å². The zero-order valence-electron chi connectivity index (χ0n) is 18.4. The van der Waals surface area contributed by atoms with Crippen molar-refractivity contribution in [2.45, 2.75) is 6.42 Å². The molecule has 5 rings (SSSR count). The highest BCUT2D eigenvalue weighted by molar-refractivity contribution is 6.22. The molecule has 1 N–H and O–H groups in total. The molecule has 0 bridgehead atoms. The van der Waals surface area contributed by atoms with Crippen molar-refractivity contribution in [2.75, 3.05) is 11.9 Å². The third-order valence-corrected chi connectivity index (χ3v) is 5.69. The molecule has 3 amide bonds. The Hall–Kier alpha value is -5.10. The van der Waals surface area contributed by atoms with Crippen molar-refractivity contribution in [3.63, 3.8) is 0 Å². The molecule has 35 heavy (non-hydrogen) atoms. The summed E-state index contributed by atoms with van der Waals surface area (Å²) in [7, 11) is 0. The summed E-state index contributed by atoms with van der Waals surface area (Å²) < 4.78 is 1.35. The van der Waals surface area contributed by atoms with Gasteiger partial charge in [0.25, 0.3) is 17.7 Å². The Kier molecular flexibility index (Phi) is 5.61. The van der Waals surface area contributed by atoms with Crippen LogP contribution in [0.5, 0.6) is 0 Å². The Morgan fingerprint density at radius 3 is 2.49 bits per heavy atom. The molecule has 9 nitrogen and oxygen atoms in total. The van der Waals surface area contributed by atoms with Gasteiger partial charge in [-0.3, -0.25) is 19.3 Å². The van der Waals surface area contributed by atoms with Crippen LogP contribution in [-0.4, -0.2) is 43.9 Å². The maximum atomic E-state index is 13.1. The van der Waals surface area contributed by atoms with Gasteiger partial charge in [-0.05, 0) is 42.3 Å². The molecular weight excluding hydrogens is 444 g/mol. The molecule has 1 aliphatic rings. The minimum atomic E-state index is -0.551. The Labute approximate surface area is 200 Å². The molecule has 170 valence electrons. The molecule has 0 atom stereocenters. The minimum absolute atomic E-state index is 0.156. The van der Waals surface area contributed by atoms with Gasteiger partial charge in [-0.15, -0.1) is 0 Å². The highest BCUT2D eigenvalue weighted by atomic mass is 16.2. The number of benzene rings is 2. The number of nitrogens with zero attached hydrogens (tertiary/aromatic N) is 5. The van der Waals surface area contributed by atoms with Gasteiger partial charge in [0.05, 0.1) is 17.3 Å². The lowest BCUT2D eigenvalue weighted by Gasteiger charge is -2.13. The number of hydrogen-bond donors (Lipinski definition) is 1. The van der Waals surface area contributed by atoms with Crippen molar-refractivity contribution in [3.05, 3.63) is 107 Å². The van der Waals surface area contributed by atoms with Crippen LogP contribution in [0.3, 0.4) is 0 Å². The van der Waals surface area contributed by atoms with Gasteiger partial charge in [0.1, 0.15) is 11.6 Å². The van der Waals surface area contributed by atoms with Crippen LogP contribution in [0.1, 0.15) is 42.2 Å². The summed E-state index contributed by atoms with van der Waals surface area (Å²) in [5.41, 5.74) is 1.78. The van der Waals surface area contributed by atoms with Gasteiger partial charge in [-0.2, -0.15) is 15.0 Å². The van der Waals surface area contributed by atoms with Crippen molar-refractivity contribution in [2.24, 2.45) is 0 Å². The largest absolute Gasteiger partial charge is 0.305 e. The predicted molar refractivity (Wildman–Crippen MR) is 126 cm³/mol. The number of amides is 3. The molecule has 4 aromatic rings. The highest BCUT2D eigenvalue weighted by Gasteiger charge is 2.35. The second-order valence-electron chi connectivity index (χ2n) is 7.83. The summed E-state index contributed by atoms with van der Waals surface area (Å²) in [6.45, 7) is 0.243. The van der Waals surface area contributed by atoms with E-state index in [9.17, 15) is 19.6 Å². The standard InChI is InChI=1S/C26H18N6O3/c27-15-19-16-29-32(22-8-4-5-12-28-22)23(19)30-24(33)18-9-10-20-21(14-18)26(35)31(25(20)34)13-11-17-6-2-1-3-7-17/h1-10,12,14,16H,11,13H2,(H,30,33). The molecule has 0 saturated carbocycles. The van der Waals surface area contributed by atoms with Crippen molar-refractivity contribution < 1.29 is 14.4 Å². The zero-order chi connectivity index (χ0) is 24.4. The lowest BCUT2D eigenvalue weighted by Crippen LogP contribution is -2.31. The van der Waals surface area contributed by atoms with Gasteiger partial charge in [-0.25, -0.2) is 4.98 Å². The van der Waals surface area contributed by atoms with Gasteiger partial charge in [0.15, 0.2) is 11.6 Å². The number of pyridine rings is 1. The van der Waals surface area contributed by atoms with Crippen molar-refractivity contribution >= 4 is 23.5 Å². The minimum Gasteiger partial charge on any atom is -0.305 e. The van der Waals surface area contributed by atoms with E-state index in [1.165, 1.54) is 34.0 Å². The number of aromatic nitrogens is 3. The van der Waals surface area contributed by atoms with Gasteiger partial charge in [0.2, 0.25) is 0 Å². The smallest absolute Gasteiger partial charge is 0.261 e. The molecule has 0 fully saturated rings. The van der Waals surface area contributed by atoms with Crippen LogP contribution in [0.2, 0.25) is 0 Å². The fourth-order valence-electron chi connectivity index (χ4n) is 3.90. The third-order valence-electron chi connectivity index (χ3n) is 5.69. The molecule has 2 aromatic heterocycles. The summed E-state index contributed by atoms with van der Waals surface area (Å²) >= 11 is 0. The Morgan fingerprint density at radius 1 is 0.971 bits per heavy atom. The predicted octanol–water partition coefficient (Wildman–Crippen LogP) is 3.23. The first kappa shape index (κ1) is 21.7. The molecule has 3 heterocycles. The monoisotopic (exact) mass is 462 g/mol. The Balaban J connectivity index is 1.38. The first-order chi connectivity index (χ1) is 17.1. The van der Waals surface area contributed by atoms with Crippen molar-refractivity contribution in [3.8, 4) is 11.9 Å². The van der Waals surface area contributed by atoms with Gasteiger partial charge < -0.3 is 5.32 Å². The van der Waals surface area contributed by atoms with Crippen LogP contribution < -0.4 is 5.32 Å². The number of anilines is 1. The van der Waals surface area contributed by atoms with E-state index in [1.807, 2.05) is 36.4 Å². The number of carbonyl (C=O) groups excluding carboxylic acids is 3. The number of carbonyl (C=O) groups is 3. The Morgan fingerprint density at radius 2 is 1.74 bits per heavy atom. The SMILES string of the molecule is N#Cc1cnn(-c2ccccn2)c1NC(=O)c1ccc2c(c1)C(=O)N(CCc1ccccc1)C2=O. The topological polar surface area (TPSA) is 121 Å². The maximum Gasteiger partial charge on any atom is 0.261 e. The molecule has 1 aliphatic heterocycles. The highest BCUT2D eigenvalue weighted by Crippen LogP contribution is 2.25. The quantitative estimate of drug-likeness (QED) is 0.439. The van der Waals surface area contributed by atoms with Gasteiger partial charge in [0, 0.05) is 18.3 Å². The summed E-state index contributed by atoms with van der Waals surface area (Å²) in [6.07, 6.45) is 3.44. The zero-order valence-corrected chi connectivity index (χ0v) is 18.4. The average Bonchev–Trinajstić information content (AvgIpc) is 3.41. The van der Waals surface area contributed by atoms with Crippen LogP contribution in [0.4, 0.5) is 5.82 Å². The van der Waals surface area contributed by atoms with E-state index < -0.39 is 11.8 Å². The van der Waals surface area contributed by atoms with E-state index in [2.05, 4.69) is 15.4 Å². The van der Waals surface area contributed by atoms with E-state index in [1.54, 1.807) is 24.4 Å². The van der Waals surface area contributed by atoms with E-state index in [0.717, 1.165) is 5.56 Å². The molecule has 0 radical (unpaired) electrons. The average molecular weight is 462 g/mol. The third kappa shape index (κ3) is 4.05. The van der Waals surface area contributed by atoms with E-state index in [0.29, 0.717) is 12.2 Å². The van der Waals surface area contributed by atoms with E-state index in [-0.39, 0.29) is 40.5 Å². The normalized spacial score (nSPS) is 12.4. The van der Waals surface area contributed by atoms with Gasteiger partial charge in [-0.1, -0.05) is 36.4 Å². The second kappa shape index (κ2) is 9.03. The summed E-state index contributed by atoms with van der Waals surface area (Å²) in [5.74, 6) is -0.790. The summed E-state index contributed by atoms with van der Waals surface area (Å²) in [4.78, 5) is 44.2. The Bertz CT molecular complexity index is 1490. The van der Waals surface area contributed by atoms with Crippen LogP contribution in [0.25, 0.3) is 5.82 Å². The molecule has 0 spiro atoms. The number of nitrogens with one attached hydrogen (secondary N) is 1. The molecule has 0 aliphatic carbocycles. The van der Waals surface area contributed by atoms with Crippen LogP contribution >= 0.6 is 0 Å². The lowest BCUT2D eigenvalue weighted by molar-refractivity contribution is 0.0656. The molecular formula is C26H18N6O3. The molecule has 0 saturated heterocycles. The first-order valence-corrected chi connectivity index (χ1v) is 10.8. The van der Waals surface area contributed by atoms with E-state index in [4.69, 9.17) is 0 Å². The summed E-state index contributed by atoms with van der Waals surface area (Å²) in [6, 6.07) is 21.1. The number of imide groups is 1. The maximum absolute atomic E-state index is 13.1. The number of rotatable bonds is 6. The number of nitriles is 1. The van der Waals surface area contributed by atoms with Crippen LogP contribution in [-0.2, 0) is 6.42 Å². The fourth-order valence-corrected chi connectivity index (χ4v) is 3.90.